The second kappa shape index (κ2) is 5.87. The number of hydrogen-bond donors (Lipinski definition) is 1. The van der Waals surface area contributed by atoms with E-state index < -0.39 is 0 Å². The molecule has 0 saturated carbocycles. The molecule has 0 spiro atoms. The molecule has 2 amide bonds. The van der Waals surface area contributed by atoms with Gasteiger partial charge in [0.2, 0.25) is 5.91 Å². The lowest BCUT2D eigenvalue weighted by atomic mass is 10.00. The van der Waals surface area contributed by atoms with Crippen molar-refractivity contribution in [2.24, 2.45) is 0 Å². The van der Waals surface area contributed by atoms with Crippen LogP contribution < -0.4 is 5.32 Å². The summed E-state index contributed by atoms with van der Waals surface area (Å²) in [5.74, 6) is 0.687. The van der Waals surface area contributed by atoms with Crippen LogP contribution in [0.15, 0.2) is 22.7 Å². The van der Waals surface area contributed by atoms with E-state index in [1.165, 1.54) is 0 Å². The van der Waals surface area contributed by atoms with E-state index >= 15 is 0 Å². The number of rotatable bonds is 3. The lowest BCUT2D eigenvalue weighted by Crippen LogP contribution is -2.27. The number of amides is 2. The van der Waals surface area contributed by atoms with Gasteiger partial charge in [0.05, 0.1) is 12.2 Å². The highest BCUT2D eigenvalue weighted by Gasteiger charge is 2.20. The van der Waals surface area contributed by atoms with Gasteiger partial charge in [-0.05, 0) is 44.0 Å². The smallest absolute Gasteiger partial charge is 0.253 e. The molecule has 2 heterocycles. The standard InChI is InChI=1S/C17H19N3O3/c1-10-14(11(2)23-19-10)9-20(3)17(22)13-4-6-15-12(8-13)5-7-16(21)18-15/h4,6,8H,5,7,9H2,1-3H3,(H,18,21). The maximum absolute atomic E-state index is 12.6. The Labute approximate surface area is 134 Å². The van der Waals surface area contributed by atoms with Crippen molar-refractivity contribution in [2.45, 2.75) is 33.2 Å². The second-order valence-corrected chi connectivity index (χ2v) is 5.88. The summed E-state index contributed by atoms with van der Waals surface area (Å²) in [6.07, 6.45) is 1.12. The molecule has 0 bridgehead atoms. The lowest BCUT2D eigenvalue weighted by molar-refractivity contribution is -0.116. The number of nitrogens with one attached hydrogen (secondary N) is 1. The largest absolute Gasteiger partial charge is 0.361 e. The van der Waals surface area contributed by atoms with Gasteiger partial charge in [0, 0.05) is 30.3 Å². The molecule has 1 aliphatic heterocycles. The zero-order valence-electron chi connectivity index (χ0n) is 13.5. The second-order valence-electron chi connectivity index (χ2n) is 5.88. The first-order chi connectivity index (χ1) is 11.0. The summed E-state index contributed by atoms with van der Waals surface area (Å²) >= 11 is 0. The third kappa shape index (κ3) is 2.97. The van der Waals surface area contributed by atoms with Gasteiger partial charge in [-0.1, -0.05) is 5.16 Å². The van der Waals surface area contributed by atoms with Crippen molar-refractivity contribution in [1.82, 2.24) is 10.1 Å². The Morgan fingerprint density at radius 1 is 1.35 bits per heavy atom. The molecular formula is C17H19N3O3. The van der Waals surface area contributed by atoms with Crippen molar-refractivity contribution in [3.05, 3.63) is 46.3 Å². The van der Waals surface area contributed by atoms with Crippen molar-refractivity contribution in [3.8, 4) is 0 Å². The zero-order chi connectivity index (χ0) is 16.6. The minimum atomic E-state index is -0.0651. The van der Waals surface area contributed by atoms with Crippen molar-refractivity contribution in [2.75, 3.05) is 12.4 Å². The molecule has 120 valence electrons. The van der Waals surface area contributed by atoms with E-state index in [1.807, 2.05) is 19.9 Å². The van der Waals surface area contributed by atoms with E-state index in [0.29, 0.717) is 24.9 Å². The van der Waals surface area contributed by atoms with Gasteiger partial charge in [0.25, 0.3) is 5.91 Å². The molecule has 23 heavy (non-hydrogen) atoms. The Bertz CT molecular complexity index is 760. The predicted octanol–water partition coefficient (Wildman–Crippen LogP) is 2.45. The summed E-state index contributed by atoms with van der Waals surface area (Å²) in [6.45, 7) is 4.16. The molecule has 1 aliphatic rings. The summed E-state index contributed by atoms with van der Waals surface area (Å²) in [7, 11) is 1.76. The van der Waals surface area contributed by atoms with Gasteiger partial charge in [-0.3, -0.25) is 9.59 Å². The Morgan fingerprint density at radius 3 is 2.83 bits per heavy atom. The summed E-state index contributed by atoms with van der Waals surface area (Å²) in [6, 6.07) is 5.40. The number of fused-ring (bicyclic) bond motifs is 1. The van der Waals surface area contributed by atoms with Crippen LogP contribution in [0, 0.1) is 13.8 Å². The Hall–Kier alpha value is -2.63. The number of anilines is 1. The molecule has 0 fully saturated rings. The minimum absolute atomic E-state index is 0.0205. The van der Waals surface area contributed by atoms with Crippen LogP contribution in [0.5, 0.6) is 0 Å². The monoisotopic (exact) mass is 313 g/mol. The summed E-state index contributed by atoms with van der Waals surface area (Å²) < 4.78 is 5.14. The number of carbonyl (C=O) groups excluding carboxylic acids is 2. The molecule has 0 atom stereocenters. The average Bonchev–Trinajstić information content (AvgIpc) is 2.85. The van der Waals surface area contributed by atoms with E-state index in [0.717, 1.165) is 28.3 Å². The first-order valence-electron chi connectivity index (χ1n) is 7.55. The number of aromatic nitrogens is 1. The zero-order valence-corrected chi connectivity index (χ0v) is 13.5. The number of nitrogens with zero attached hydrogens (tertiary/aromatic N) is 2. The first-order valence-corrected chi connectivity index (χ1v) is 7.55. The molecule has 2 aromatic rings. The SMILES string of the molecule is Cc1noc(C)c1CN(C)C(=O)c1ccc2c(c1)CCC(=O)N2. The molecule has 0 radical (unpaired) electrons. The normalized spacial score (nSPS) is 13.4. The molecule has 6 heteroatoms. The van der Waals surface area contributed by atoms with Gasteiger partial charge in [-0.2, -0.15) is 0 Å². The molecule has 3 rings (SSSR count). The van der Waals surface area contributed by atoms with E-state index in [9.17, 15) is 9.59 Å². The van der Waals surface area contributed by atoms with Crippen LogP contribution in [-0.2, 0) is 17.8 Å². The third-order valence-electron chi connectivity index (χ3n) is 4.17. The van der Waals surface area contributed by atoms with E-state index in [4.69, 9.17) is 4.52 Å². The van der Waals surface area contributed by atoms with Gasteiger partial charge in [0.1, 0.15) is 5.76 Å². The quantitative estimate of drug-likeness (QED) is 0.944. The molecule has 6 nitrogen and oxygen atoms in total. The molecule has 0 aliphatic carbocycles. The van der Waals surface area contributed by atoms with Gasteiger partial charge >= 0.3 is 0 Å². The fourth-order valence-electron chi connectivity index (χ4n) is 2.77. The highest BCUT2D eigenvalue weighted by Crippen LogP contribution is 2.24. The number of aryl methyl sites for hydroxylation is 3. The van der Waals surface area contributed by atoms with Gasteiger partial charge in [-0.25, -0.2) is 0 Å². The van der Waals surface area contributed by atoms with E-state index in [-0.39, 0.29) is 11.8 Å². The van der Waals surface area contributed by atoms with Crippen LogP contribution in [0.1, 0.15) is 39.4 Å². The highest BCUT2D eigenvalue weighted by molar-refractivity contribution is 5.97. The number of carbonyl (C=O) groups is 2. The van der Waals surface area contributed by atoms with Crippen molar-refractivity contribution >= 4 is 17.5 Å². The molecule has 1 N–H and O–H groups in total. The summed E-state index contributed by atoms with van der Waals surface area (Å²) in [5.41, 5.74) is 4.16. The highest BCUT2D eigenvalue weighted by atomic mass is 16.5. The lowest BCUT2D eigenvalue weighted by Gasteiger charge is -2.20. The average molecular weight is 313 g/mol. The molecule has 1 aromatic heterocycles. The minimum Gasteiger partial charge on any atom is -0.361 e. The van der Waals surface area contributed by atoms with Crippen molar-refractivity contribution in [3.63, 3.8) is 0 Å². The van der Waals surface area contributed by atoms with Crippen LogP contribution in [0.2, 0.25) is 0 Å². The van der Waals surface area contributed by atoms with Gasteiger partial charge < -0.3 is 14.7 Å². The van der Waals surface area contributed by atoms with Gasteiger partial charge in [-0.15, -0.1) is 0 Å². The maximum atomic E-state index is 12.6. The summed E-state index contributed by atoms with van der Waals surface area (Å²) in [4.78, 5) is 25.7. The fraction of sp³-hybridized carbons (Fsp3) is 0.353. The molecule has 0 unspecified atom stereocenters. The molecule has 0 saturated heterocycles. The topological polar surface area (TPSA) is 75.4 Å². The maximum Gasteiger partial charge on any atom is 0.253 e. The number of benzene rings is 1. The van der Waals surface area contributed by atoms with Crippen LogP contribution in [0.25, 0.3) is 0 Å². The Balaban J connectivity index is 1.79. The van der Waals surface area contributed by atoms with Crippen molar-refractivity contribution in [1.29, 1.82) is 0 Å². The predicted molar refractivity (Wildman–Crippen MR) is 85.2 cm³/mol. The van der Waals surface area contributed by atoms with Crippen LogP contribution in [-0.4, -0.2) is 28.9 Å². The van der Waals surface area contributed by atoms with Crippen LogP contribution >= 0.6 is 0 Å². The van der Waals surface area contributed by atoms with Crippen molar-refractivity contribution < 1.29 is 14.1 Å². The Kier molecular flexibility index (Phi) is 3.90. The van der Waals surface area contributed by atoms with E-state index in [1.54, 1.807) is 24.1 Å². The summed E-state index contributed by atoms with van der Waals surface area (Å²) in [5, 5.41) is 6.73. The Morgan fingerprint density at radius 2 is 2.13 bits per heavy atom. The number of hydrogen-bond acceptors (Lipinski definition) is 4. The third-order valence-corrected chi connectivity index (χ3v) is 4.17. The van der Waals surface area contributed by atoms with Crippen LogP contribution in [0.4, 0.5) is 5.69 Å². The molecular weight excluding hydrogens is 294 g/mol. The van der Waals surface area contributed by atoms with E-state index in [2.05, 4.69) is 10.5 Å². The van der Waals surface area contributed by atoms with Gasteiger partial charge in [0.15, 0.2) is 0 Å². The van der Waals surface area contributed by atoms with Crippen LogP contribution in [0.3, 0.4) is 0 Å². The fourth-order valence-corrected chi connectivity index (χ4v) is 2.77. The molecule has 1 aromatic carbocycles. The first kappa shape index (κ1) is 15.3.